The van der Waals surface area contributed by atoms with E-state index >= 15 is 0 Å². The normalized spacial score (nSPS) is 12.0. The van der Waals surface area contributed by atoms with Gasteiger partial charge in [0.15, 0.2) is 0 Å². The molecule has 0 aliphatic heterocycles. The molecule has 0 aromatic heterocycles. The maximum atomic E-state index is 9.50. The molecule has 112 valence electrons. The Labute approximate surface area is 130 Å². The topological polar surface area (TPSA) is 38.7 Å². The van der Waals surface area contributed by atoms with Crippen LogP contribution in [0.5, 0.6) is 11.5 Å². The third-order valence-electron chi connectivity index (χ3n) is 3.25. The van der Waals surface area contributed by atoms with Crippen molar-refractivity contribution < 1.29 is 14.6 Å². The van der Waals surface area contributed by atoms with Crippen LogP contribution in [-0.2, 0) is 6.42 Å². The monoisotopic (exact) mass is 306 g/mol. The van der Waals surface area contributed by atoms with Gasteiger partial charge in [0.25, 0.3) is 0 Å². The van der Waals surface area contributed by atoms with E-state index in [4.69, 9.17) is 21.1 Å². The third-order valence-corrected chi connectivity index (χ3v) is 3.54. The summed E-state index contributed by atoms with van der Waals surface area (Å²) in [5.74, 6) is 1.48. The van der Waals surface area contributed by atoms with E-state index in [0.29, 0.717) is 17.4 Å². The van der Waals surface area contributed by atoms with Gasteiger partial charge in [0, 0.05) is 6.42 Å². The lowest BCUT2D eigenvalue weighted by Crippen LogP contribution is -2.02. The highest BCUT2D eigenvalue weighted by molar-refractivity contribution is 6.32. The Balaban J connectivity index is 1.90. The molecule has 4 heteroatoms. The van der Waals surface area contributed by atoms with Crippen molar-refractivity contribution in [3.05, 3.63) is 58.6 Å². The maximum absolute atomic E-state index is 9.50. The molecule has 0 amide bonds. The predicted octanol–water partition coefficient (Wildman–Crippen LogP) is 4.02. The standard InChI is InChI=1S/C17H19ClO3/c1-12(19)14-5-8-17(16(18)11-14)21-10-9-13-3-6-15(20-2)7-4-13/h3-8,11-12,19H,9-10H2,1-2H3. The molecule has 21 heavy (non-hydrogen) atoms. The minimum absolute atomic E-state index is 0.517. The molecule has 2 aromatic rings. The van der Waals surface area contributed by atoms with Gasteiger partial charge in [-0.15, -0.1) is 0 Å². The summed E-state index contributed by atoms with van der Waals surface area (Å²) >= 11 is 6.14. The zero-order valence-corrected chi connectivity index (χ0v) is 12.9. The molecule has 2 aromatic carbocycles. The van der Waals surface area contributed by atoms with Crippen LogP contribution in [-0.4, -0.2) is 18.8 Å². The van der Waals surface area contributed by atoms with Crippen LogP contribution in [0.25, 0.3) is 0 Å². The summed E-state index contributed by atoms with van der Waals surface area (Å²) in [6.45, 7) is 2.25. The second kappa shape index (κ2) is 7.34. The fourth-order valence-corrected chi connectivity index (χ4v) is 2.21. The van der Waals surface area contributed by atoms with Gasteiger partial charge in [-0.3, -0.25) is 0 Å². The summed E-state index contributed by atoms with van der Waals surface area (Å²) in [6, 6.07) is 13.2. The van der Waals surface area contributed by atoms with E-state index in [1.54, 1.807) is 26.2 Å². The van der Waals surface area contributed by atoms with Crippen molar-refractivity contribution in [2.24, 2.45) is 0 Å². The third kappa shape index (κ3) is 4.38. The lowest BCUT2D eigenvalue weighted by molar-refractivity contribution is 0.199. The molecule has 1 unspecified atom stereocenters. The molecule has 1 atom stereocenters. The molecular weight excluding hydrogens is 288 g/mol. The quantitative estimate of drug-likeness (QED) is 0.876. The Morgan fingerprint density at radius 2 is 1.86 bits per heavy atom. The Bertz CT molecular complexity index is 579. The van der Waals surface area contributed by atoms with Gasteiger partial charge in [-0.05, 0) is 42.3 Å². The molecule has 0 saturated heterocycles. The second-order valence-corrected chi connectivity index (χ2v) is 5.22. The Kier molecular flexibility index (Phi) is 5.48. The number of halogens is 1. The van der Waals surface area contributed by atoms with Crippen LogP contribution in [0.15, 0.2) is 42.5 Å². The van der Waals surface area contributed by atoms with E-state index in [0.717, 1.165) is 17.7 Å². The van der Waals surface area contributed by atoms with Crippen molar-refractivity contribution in [2.45, 2.75) is 19.4 Å². The van der Waals surface area contributed by atoms with Crippen LogP contribution in [0, 0.1) is 0 Å². The van der Waals surface area contributed by atoms with Crippen LogP contribution < -0.4 is 9.47 Å². The number of benzene rings is 2. The zero-order valence-electron chi connectivity index (χ0n) is 12.2. The molecule has 0 bridgehead atoms. The Hall–Kier alpha value is -1.71. The lowest BCUT2D eigenvalue weighted by Gasteiger charge is -2.11. The summed E-state index contributed by atoms with van der Waals surface area (Å²) in [5.41, 5.74) is 1.95. The molecule has 0 radical (unpaired) electrons. The van der Waals surface area contributed by atoms with Crippen molar-refractivity contribution >= 4 is 11.6 Å². The summed E-state index contributed by atoms with van der Waals surface area (Å²) in [5, 5.41) is 10.0. The number of methoxy groups -OCH3 is 1. The largest absolute Gasteiger partial charge is 0.497 e. The fraction of sp³-hybridized carbons (Fsp3) is 0.294. The van der Waals surface area contributed by atoms with Crippen molar-refractivity contribution in [3.8, 4) is 11.5 Å². The van der Waals surface area contributed by atoms with Crippen LogP contribution >= 0.6 is 11.6 Å². The van der Waals surface area contributed by atoms with E-state index in [2.05, 4.69) is 0 Å². The molecule has 0 aliphatic rings. The minimum atomic E-state index is -0.532. The molecule has 0 fully saturated rings. The van der Waals surface area contributed by atoms with Crippen LogP contribution in [0.2, 0.25) is 5.02 Å². The van der Waals surface area contributed by atoms with Gasteiger partial charge in [0.1, 0.15) is 11.5 Å². The smallest absolute Gasteiger partial charge is 0.137 e. The Morgan fingerprint density at radius 1 is 1.14 bits per heavy atom. The van der Waals surface area contributed by atoms with Crippen LogP contribution in [0.1, 0.15) is 24.2 Å². The van der Waals surface area contributed by atoms with Crippen molar-refractivity contribution in [2.75, 3.05) is 13.7 Å². The molecule has 3 nitrogen and oxygen atoms in total. The van der Waals surface area contributed by atoms with E-state index in [9.17, 15) is 5.11 Å². The van der Waals surface area contributed by atoms with Gasteiger partial charge >= 0.3 is 0 Å². The SMILES string of the molecule is COc1ccc(CCOc2ccc(C(C)O)cc2Cl)cc1. The minimum Gasteiger partial charge on any atom is -0.497 e. The summed E-state index contributed by atoms with van der Waals surface area (Å²) in [4.78, 5) is 0. The molecule has 0 spiro atoms. The summed E-state index contributed by atoms with van der Waals surface area (Å²) in [7, 11) is 1.65. The average Bonchev–Trinajstić information content (AvgIpc) is 2.49. The Morgan fingerprint density at radius 3 is 2.43 bits per heavy atom. The van der Waals surface area contributed by atoms with Gasteiger partial charge in [0.2, 0.25) is 0 Å². The van der Waals surface area contributed by atoms with Gasteiger partial charge in [0.05, 0.1) is 24.8 Å². The molecule has 0 saturated carbocycles. The van der Waals surface area contributed by atoms with E-state index in [1.165, 1.54) is 5.56 Å². The average molecular weight is 307 g/mol. The van der Waals surface area contributed by atoms with E-state index in [1.807, 2.05) is 30.3 Å². The first-order valence-corrected chi connectivity index (χ1v) is 7.21. The van der Waals surface area contributed by atoms with Crippen molar-refractivity contribution in [1.29, 1.82) is 0 Å². The highest BCUT2D eigenvalue weighted by atomic mass is 35.5. The molecule has 0 heterocycles. The molecule has 1 N–H and O–H groups in total. The van der Waals surface area contributed by atoms with Crippen molar-refractivity contribution in [1.82, 2.24) is 0 Å². The predicted molar refractivity (Wildman–Crippen MR) is 84.3 cm³/mol. The van der Waals surface area contributed by atoms with Gasteiger partial charge < -0.3 is 14.6 Å². The van der Waals surface area contributed by atoms with E-state index < -0.39 is 6.10 Å². The number of hydrogen-bond donors (Lipinski definition) is 1. The summed E-state index contributed by atoms with van der Waals surface area (Å²) in [6.07, 6.45) is 0.259. The van der Waals surface area contributed by atoms with Crippen LogP contribution in [0.3, 0.4) is 0 Å². The second-order valence-electron chi connectivity index (χ2n) is 4.81. The number of rotatable bonds is 6. The highest BCUT2D eigenvalue weighted by Gasteiger charge is 2.06. The van der Waals surface area contributed by atoms with Gasteiger partial charge in [-0.2, -0.15) is 0 Å². The summed E-state index contributed by atoms with van der Waals surface area (Å²) < 4.78 is 10.8. The van der Waals surface area contributed by atoms with Gasteiger partial charge in [-0.25, -0.2) is 0 Å². The molecule has 2 rings (SSSR count). The van der Waals surface area contributed by atoms with Crippen LogP contribution in [0.4, 0.5) is 0 Å². The van der Waals surface area contributed by atoms with Crippen molar-refractivity contribution in [3.63, 3.8) is 0 Å². The fourth-order valence-electron chi connectivity index (χ4n) is 1.97. The lowest BCUT2D eigenvalue weighted by atomic mass is 10.1. The number of ether oxygens (including phenoxy) is 2. The maximum Gasteiger partial charge on any atom is 0.137 e. The highest BCUT2D eigenvalue weighted by Crippen LogP contribution is 2.28. The zero-order chi connectivity index (χ0) is 15.2. The first kappa shape index (κ1) is 15.7. The van der Waals surface area contributed by atoms with Gasteiger partial charge in [-0.1, -0.05) is 29.8 Å². The number of aliphatic hydroxyl groups excluding tert-OH is 1. The molecule has 0 aliphatic carbocycles. The number of aliphatic hydroxyl groups is 1. The first-order valence-electron chi connectivity index (χ1n) is 6.83. The first-order chi connectivity index (χ1) is 10.1. The number of hydrogen-bond acceptors (Lipinski definition) is 3. The van der Waals surface area contributed by atoms with E-state index in [-0.39, 0.29) is 0 Å². The molecular formula is C17H19ClO3.